The Kier molecular flexibility index (Phi) is 3.58. The lowest BCUT2D eigenvalue weighted by molar-refractivity contribution is -0.156. The number of carbonyl (C=O) groups is 2. The van der Waals surface area contributed by atoms with Crippen LogP contribution in [0.1, 0.15) is 13.8 Å². The van der Waals surface area contributed by atoms with Gasteiger partial charge in [0.2, 0.25) is 5.91 Å². The van der Waals surface area contributed by atoms with Gasteiger partial charge in [-0.15, -0.1) is 0 Å². The van der Waals surface area contributed by atoms with E-state index in [2.05, 4.69) is 15.9 Å². The largest absolute Gasteiger partial charge is 0.463 e. The third-order valence-corrected chi connectivity index (χ3v) is 5.39. The molecule has 3 aliphatic heterocycles. The maximum absolute atomic E-state index is 13.1. The monoisotopic (exact) mass is 391 g/mol. The summed E-state index contributed by atoms with van der Waals surface area (Å²) in [5, 5.41) is 0. The van der Waals surface area contributed by atoms with Crippen LogP contribution in [0, 0.1) is 11.8 Å². The predicted octanol–water partition coefficient (Wildman–Crippen LogP) is 2.69. The zero-order valence-electron chi connectivity index (χ0n) is 13.4. The van der Waals surface area contributed by atoms with E-state index in [1.807, 2.05) is 50.3 Å². The number of ether oxygens (including phenoxy) is 2. The first kappa shape index (κ1) is 15.8. The van der Waals surface area contributed by atoms with Gasteiger partial charge < -0.3 is 14.4 Å². The Morgan fingerprint density at radius 1 is 1.38 bits per heavy atom. The zero-order chi connectivity index (χ0) is 17.1. The Balaban J connectivity index is 1.66. The second kappa shape index (κ2) is 5.43. The molecular weight excluding hydrogens is 374 g/mol. The van der Waals surface area contributed by atoms with Gasteiger partial charge in [0.05, 0.1) is 24.7 Å². The van der Waals surface area contributed by atoms with Crippen LogP contribution in [-0.2, 0) is 19.1 Å². The summed E-state index contributed by atoms with van der Waals surface area (Å²) in [6.45, 7) is 4.04. The number of anilines is 1. The smallest absolute Gasteiger partial charge is 0.313 e. The number of fused-ring (bicyclic) bond motifs is 1. The summed E-state index contributed by atoms with van der Waals surface area (Å²) in [6, 6.07) is 7.56. The van der Waals surface area contributed by atoms with Crippen molar-refractivity contribution < 1.29 is 19.1 Å². The van der Waals surface area contributed by atoms with Crippen molar-refractivity contribution in [3.8, 4) is 0 Å². The number of amides is 1. The fraction of sp³-hybridized carbons (Fsp3) is 0.444. The lowest BCUT2D eigenvalue weighted by Gasteiger charge is -2.23. The summed E-state index contributed by atoms with van der Waals surface area (Å²) in [7, 11) is 0. The highest BCUT2D eigenvalue weighted by Crippen LogP contribution is 2.53. The molecule has 4 rings (SSSR count). The molecule has 0 saturated carbocycles. The van der Waals surface area contributed by atoms with Crippen LogP contribution in [0.4, 0.5) is 5.69 Å². The highest BCUT2D eigenvalue weighted by Gasteiger charge is 2.67. The maximum Gasteiger partial charge on any atom is 0.313 e. The molecule has 5 nitrogen and oxygen atoms in total. The van der Waals surface area contributed by atoms with E-state index >= 15 is 0 Å². The molecule has 0 unspecified atom stereocenters. The van der Waals surface area contributed by atoms with Gasteiger partial charge in [-0.3, -0.25) is 9.59 Å². The molecule has 24 heavy (non-hydrogen) atoms. The number of hydrogen-bond donors (Lipinski definition) is 0. The minimum absolute atomic E-state index is 0.0742. The van der Waals surface area contributed by atoms with Crippen LogP contribution in [0.2, 0.25) is 0 Å². The van der Waals surface area contributed by atoms with Crippen molar-refractivity contribution in [1.29, 1.82) is 0 Å². The molecule has 0 aliphatic carbocycles. The highest BCUT2D eigenvalue weighted by molar-refractivity contribution is 9.10. The summed E-state index contributed by atoms with van der Waals surface area (Å²) < 4.78 is 12.4. The molecule has 1 aromatic carbocycles. The Morgan fingerprint density at radius 3 is 2.75 bits per heavy atom. The van der Waals surface area contributed by atoms with Crippen LogP contribution in [0.15, 0.2) is 40.9 Å². The van der Waals surface area contributed by atoms with Gasteiger partial charge >= 0.3 is 5.97 Å². The third kappa shape index (κ3) is 2.24. The van der Waals surface area contributed by atoms with Crippen LogP contribution in [0.25, 0.3) is 0 Å². The van der Waals surface area contributed by atoms with Crippen molar-refractivity contribution in [1.82, 2.24) is 0 Å². The second-order valence-electron chi connectivity index (χ2n) is 6.79. The number of halogens is 1. The van der Waals surface area contributed by atoms with Crippen LogP contribution in [-0.4, -0.2) is 36.2 Å². The first-order valence-electron chi connectivity index (χ1n) is 8.06. The number of esters is 1. The van der Waals surface area contributed by atoms with Crippen molar-refractivity contribution in [2.24, 2.45) is 11.8 Å². The predicted molar refractivity (Wildman–Crippen MR) is 91.4 cm³/mol. The van der Waals surface area contributed by atoms with Gasteiger partial charge in [0.15, 0.2) is 0 Å². The Bertz CT molecular complexity index is 729. The van der Waals surface area contributed by atoms with Crippen molar-refractivity contribution in [2.45, 2.75) is 31.7 Å². The van der Waals surface area contributed by atoms with E-state index in [0.717, 1.165) is 10.2 Å². The molecule has 2 fully saturated rings. The molecule has 0 aromatic heterocycles. The normalized spacial score (nSPS) is 33.4. The molecule has 1 spiro atoms. The second-order valence-corrected chi connectivity index (χ2v) is 7.70. The first-order chi connectivity index (χ1) is 11.4. The third-order valence-electron chi connectivity index (χ3n) is 4.86. The van der Waals surface area contributed by atoms with E-state index in [-0.39, 0.29) is 24.1 Å². The minimum Gasteiger partial charge on any atom is -0.463 e. The molecule has 6 heteroatoms. The Labute approximate surface area is 148 Å². The van der Waals surface area contributed by atoms with Gasteiger partial charge in [-0.2, -0.15) is 0 Å². The molecule has 4 atom stereocenters. The molecule has 1 aromatic rings. The van der Waals surface area contributed by atoms with Crippen molar-refractivity contribution in [3.63, 3.8) is 0 Å². The van der Waals surface area contributed by atoms with Crippen LogP contribution >= 0.6 is 15.9 Å². The average Bonchev–Trinajstić information content (AvgIpc) is 3.16. The van der Waals surface area contributed by atoms with Crippen molar-refractivity contribution >= 4 is 33.5 Å². The van der Waals surface area contributed by atoms with E-state index in [1.54, 1.807) is 4.90 Å². The van der Waals surface area contributed by atoms with E-state index < -0.39 is 17.4 Å². The number of nitrogens with zero attached hydrogens (tertiary/aromatic N) is 1. The van der Waals surface area contributed by atoms with E-state index in [0.29, 0.717) is 6.54 Å². The van der Waals surface area contributed by atoms with Gasteiger partial charge in [0.1, 0.15) is 11.5 Å². The first-order valence-corrected chi connectivity index (χ1v) is 8.85. The summed E-state index contributed by atoms with van der Waals surface area (Å²) >= 11 is 3.40. The van der Waals surface area contributed by atoms with E-state index in [1.165, 1.54) is 0 Å². The average molecular weight is 392 g/mol. The van der Waals surface area contributed by atoms with Gasteiger partial charge in [0, 0.05) is 10.2 Å². The quantitative estimate of drug-likeness (QED) is 0.587. The molecule has 0 N–H and O–H groups in total. The van der Waals surface area contributed by atoms with Crippen LogP contribution < -0.4 is 4.90 Å². The lowest BCUT2D eigenvalue weighted by Crippen LogP contribution is -2.40. The molecule has 2 saturated heterocycles. The number of hydrogen-bond acceptors (Lipinski definition) is 4. The zero-order valence-corrected chi connectivity index (χ0v) is 15.0. The Morgan fingerprint density at radius 2 is 2.08 bits per heavy atom. The van der Waals surface area contributed by atoms with Gasteiger partial charge in [-0.05, 0) is 38.1 Å². The molecular formula is C18H18BrNO4. The summed E-state index contributed by atoms with van der Waals surface area (Å²) in [5.41, 5.74) is 0.0959. The Hall–Kier alpha value is -1.66. The summed E-state index contributed by atoms with van der Waals surface area (Å²) in [4.78, 5) is 27.3. The maximum atomic E-state index is 13.1. The molecule has 3 heterocycles. The highest BCUT2D eigenvalue weighted by atomic mass is 79.9. The van der Waals surface area contributed by atoms with Crippen LogP contribution in [0.3, 0.4) is 0 Å². The number of rotatable bonds is 3. The molecule has 126 valence electrons. The molecule has 1 amide bonds. The summed E-state index contributed by atoms with van der Waals surface area (Å²) in [5.74, 6) is -1.50. The molecule has 0 radical (unpaired) electrons. The fourth-order valence-electron chi connectivity index (χ4n) is 3.92. The van der Waals surface area contributed by atoms with Gasteiger partial charge in [-0.25, -0.2) is 0 Å². The summed E-state index contributed by atoms with van der Waals surface area (Å²) in [6.07, 6.45) is 3.26. The fourth-order valence-corrected chi connectivity index (χ4v) is 4.18. The lowest BCUT2D eigenvalue weighted by atomic mass is 9.77. The van der Waals surface area contributed by atoms with E-state index in [9.17, 15) is 9.59 Å². The molecule has 2 bridgehead atoms. The van der Waals surface area contributed by atoms with Crippen molar-refractivity contribution in [2.75, 3.05) is 11.4 Å². The van der Waals surface area contributed by atoms with Crippen LogP contribution in [0.5, 0.6) is 0 Å². The minimum atomic E-state index is -0.713. The number of benzene rings is 1. The van der Waals surface area contributed by atoms with E-state index in [4.69, 9.17) is 9.47 Å². The topological polar surface area (TPSA) is 55.8 Å². The SMILES string of the molecule is CC(C)OC(=O)[C@H]1[C@@H]2C=C[C@]3(CN(c4ccc(Br)cc4)C(=O)[C@H]13)O2. The van der Waals surface area contributed by atoms with Gasteiger partial charge in [-0.1, -0.05) is 28.1 Å². The van der Waals surface area contributed by atoms with Gasteiger partial charge in [0.25, 0.3) is 0 Å². The van der Waals surface area contributed by atoms with Crippen molar-refractivity contribution in [3.05, 3.63) is 40.9 Å². The standard InChI is InChI=1S/C18H18BrNO4/c1-10(2)23-17(22)14-13-7-8-18(24-13)9-20(16(21)15(14)18)12-5-3-11(19)4-6-12/h3-8,10,13-15H,9H2,1-2H3/t13-,14-,15-,18+/m0/s1. The number of carbonyl (C=O) groups excluding carboxylic acids is 2. The molecule has 3 aliphatic rings.